The van der Waals surface area contributed by atoms with Crippen LogP contribution in [0, 0.1) is 6.92 Å². The van der Waals surface area contributed by atoms with E-state index in [4.69, 9.17) is 18.9 Å². The summed E-state index contributed by atoms with van der Waals surface area (Å²) in [6.45, 7) is 7.43. The first kappa shape index (κ1) is 31.2. The minimum atomic E-state index is -0.609. The molecule has 44 heavy (non-hydrogen) atoms. The van der Waals surface area contributed by atoms with Crippen LogP contribution in [0.4, 0.5) is 0 Å². The molecule has 0 heterocycles. The van der Waals surface area contributed by atoms with Gasteiger partial charge in [0.05, 0.1) is 13.2 Å². The van der Waals surface area contributed by atoms with Crippen LogP contribution in [-0.2, 0) is 38.3 Å². The van der Waals surface area contributed by atoms with Crippen molar-refractivity contribution in [2.75, 3.05) is 26.4 Å². The van der Waals surface area contributed by atoms with Gasteiger partial charge in [-0.3, -0.25) is 0 Å². The third-order valence-corrected chi connectivity index (χ3v) is 7.89. The molecule has 0 fully saturated rings. The smallest absolute Gasteiger partial charge is 0.335 e. The molecule has 228 valence electrons. The van der Waals surface area contributed by atoms with E-state index in [0.29, 0.717) is 32.8 Å². The number of hydrogen-bond acceptors (Lipinski definition) is 5. The molecular formula is C39H42O5. The van der Waals surface area contributed by atoms with Crippen molar-refractivity contribution < 1.29 is 23.7 Å². The Morgan fingerprint density at radius 1 is 0.773 bits per heavy atom. The predicted molar refractivity (Wildman–Crippen MR) is 176 cm³/mol. The molecule has 0 saturated heterocycles. The number of aryl methyl sites for hydroxylation is 3. The summed E-state index contributed by atoms with van der Waals surface area (Å²) < 4.78 is 23.5. The van der Waals surface area contributed by atoms with Crippen LogP contribution >= 0.6 is 0 Å². The van der Waals surface area contributed by atoms with Crippen LogP contribution in [0.2, 0.25) is 0 Å². The summed E-state index contributed by atoms with van der Waals surface area (Å²) >= 11 is 0. The molecule has 5 nitrogen and oxygen atoms in total. The number of esters is 1. The van der Waals surface area contributed by atoms with E-state index in [9.17, 15) is 4.79 Å². The Bertz CT molecular complexity index is 1540. The molecule has 0 radical (unpaired) electrons. The lowest BCUT2D eigenvalue weighted by molar-refractivity contribution is -0.156. The van der Waals surface area contributed by atoms with Crippen molar-refractivity contribution in [3.63, 3.8) is 0 Å². The van der Waals surface area contributed by atoms with Crippen molar-refractivity contribution >= 4 is 18.1 Å². The maximum atomic E-state index is 12.2. The second-order valence-electron chi connectivity index (χ2n) is 11.0. The zero-order valence-electron chi connectivity index (χ0n) is 26.0. The fourth-order valence-electron chi connectivity index (χ4n) is 5.71. The van der Waals surface area contributed by atoms with Gasteiger partial charge in [-0.2, -0.15) is 0 Å². The molecule has 2 unspecified atom stereocenters. The highest BCUT2D eigenvalue weighted by molar-refractivity contribution is 5.78. The third kappa shape index (κ3) is 8.04. The normalized spacial score (nSPS) is 14.3. The number of ether oxygens (including phenoxy) is 4. The molecule has 4 aromatic rings. The van der Waals surface area contributed by atoms with E-state index in [1.54, 1.807) is 6.92 Å². The van der Waals surface area contributed by atoms with E-state index < -0.39 is 6.10 Å². The molecule has 4 aromatic carbocycles. The zero-order chi connectivity index (χ0) is 30.7. The fraction of sp³-hybridized carbons (Fsp3) is 0.308. The van der Waals surface area contributed by atoms with Crippen molar-refractivity contribution in [2.24, 2.45) is 0 Å². The van der Waals surface area contributed by atoms with E-state index in [1.807, 2.05) is 31.2 Å². The first-order valence-electron chi connectivity index (χ1n) is 15.6. The van der Waals surface area contributed by atoms with Gasteiger partial charge in [-0.05, 0) is 84.7 Å². The maximum absolute atomic E-state index is 12.2. The third-order valence-electron chi connectivity index (χ3n) is 7.89. The van der Waals surface area contributed by atoms with Gasteiger partial charge in [0.25, 0.3) is 0 Å². The molecule has 0 N–H and O–H groups in total. The SMILES string of the molecule is CCOC(=O)C(Cc1ccc(OCCOC2c3cc(C)ccc3C=Cc3c(CCc4ccccc4)cccc32)cc1)OCC. The van der Waals surface area contributed by atoms with Crippen molar-refractivity contribution in [2.45, 2.75) is 52.2 Å². The Kier molecular flexibility index (Phi) is 11.0. The highest BCUT2D eigenvalue weighted by Crippen LogP contribution is 2.37. The first-order valence-corrected chi connectivity index (χ1v) is 15.6. The van der Waals surface area contributed by atoms with E-state index in [2.05, 4.69) is 85.8 Å². The van der Waals surface area contributed by atoms with E-state index in [1.165, 1.54) is 38.9 Å². The number of fused-ring (bicyclic) bond motifs is 2. The molecule has 1 aliphatic carbocycles. The molecule has 5 rings (SSSR count). The zero-order valence-corrected chi connectivity index (χ0v) is 26.0. The standard InChI is InChI=1S/C39H42O5/c1-4-41-37(39(40)42-5-2)27-30-16-21-33(22-17-30)43-24-25-44-38-35-13-9-12-31(19-15-29-10-7-6-8-11-29)34(35)23-20-32-18-14-28(3)26-36(32)38/h6-14,16-18,20-23,26,37-38H,4-5,15,19,24-25,27H2,1-3H3. The summed E-state index contributed by atoms with van der Waals surface area (Å²) in [7, 11) is 0. The monoisotopic (exact) mass is 590 g/mol. The Labute approximate surface area is 261 Å². The molecule has 0 spiro atoms. The summed E-state index contributed by atoms with van der Waals surface area (Å²) in [5.41, 5.74) is 9.64. The van der Waals surface area contributed by atoms with Gasteiger partial charge in [-0.15, -0.1) is 0 Å². The van der Waals surface area contributed by atoms with Gasteiger partial charge in [0, 0.05) is 13.0 Å². The predicted octanol–water partition coefficient (Wildman–Crippen LogP) is 7.96. The summed E-state index contributed by atoms with van der Waals surface area (Å²) in [5.74, 6) is 0.422. The quantitative estimate of drug-likeness (QED) is 0.110. The number of carbonyl (C=O) groups is 1. The summed E-state index contributed by atoms with van der Waals surface area (Å²) in [6, 6.07) is 31.6. The average molecular weight is 591 g/mol. The fourth-order valence-corrected chi connectivity index (χ4v) is 5.71. The molecular weight excluding hydrogens is 548 g/mol. The van der Waals surface area contributed by atoms with Crippen LogP contribution in [0.15, 0.2) is 91.0 Å². The number of rotatable bonds is 14. The van der Waals surface area contributed by atoms with Gasteiger partial charge in [0.2, 0.25) is 0 Å². The molecule has 0 aliphatic heterocycles. The molecule has 0 bridgehead atoms. The van der Waals surface area contributed by atoms with Gasteiger partial charge < -0.3 is 18.9 Å². The van der Waals surface area contributed by atoms with Crippen LogP contribution in [0.25, 0.3) is 12.2 Å². The second-order valence-corrected chi connectivity index (χ2v) is 11.0. The Balaban J connectivity index is 1.26. The molecule has 0 aromatic heterocycles. The number of hydrogen-bond donors (Lipinski definition) is 0. The van der Waals surface area contributed by atoms with Crippen molar-refractivity contribution in [3.8, 4) is 5.75 Å². The molecule has 2 atom stereocenters. The molecule has 0 saturated carbocycles. The maximum Gasteiger partial charge on any atom is 0.335 e. The van der Waals surface area contributed by atoms with Crippen molar-refractivity contribution in [3.05, 3.63) is 136 Å². The summed E-state index contributed by atoms with van der Waals surface area (Å²) in [5, 5.41) is 0. The van der Waals surface area contributed by atoms with Gasteiger partial charge in [0.1, 0.15) is 18.5 Å². The Hall–Kier alpha value is -4.19. The topological polar surface area (TPSA) is 54.0 Å². The van der Waals surface area contributed by atoms with E-state index in [0.717, 1.165) is 24.2 Å². The first-order chi connectivity index (χ1) is 21.6. The van der Waals surface area contributed by atoms with E-state index >= 15 is 0 Å². The Morgan fingerprint density at radius 2 is 1.59 bits per heavy atom. The Morgan fingerprint density at radius 3 is 2.36 bits per heavy atom. The average Bonchev–Trinajstić information content (AvgIpc) is 3.20. The molecule has 1 aliphatic rings. The van der Waals surface area contributed by atoms with Crippen LogP contribution < -0.4 is 4.74 Å². The molecule has 5 heteroatoms. The minimum Gasteiger partial charge on any atom is -0.491 e. The van der Waals surface area contributed by atoms with Gasteiger partial charge >= 0.3 is 5.97 Å². The number of benzene rings is 4. The molecule has 0 amide bonds. The van der Waals surface area contributed by atoms with Crippen LogP contribution in [0.3, 0.4) is 0 Å². The highest BCUT2D eigenvalue weighted by atomic mass is 16.6. The van der Waals surface area contributed by atoms with Crippen molar-refractivity contribution in [1.82, 2.24) is 0 Å². The number of carbonyl (C=O) groups excluding carboxylic acids is 1. The minimum absolute atomic E-state index is 0.198. The van der Waals surface area contributed by atoms with E-state index in [-0.39, 0.29) is 12.1 Å². The lowest BCUT2D eigenvalue weighted by atomic mass is 9.91. The van der Waals surface area contributed by atoms with Crippen molar-refractivity contribution in [1.29, 1.82) is 0 Å². The van der Waals surface area contributed by atoms with Crippen LogP contribution in [0.5, 0.6) is 5.75 Å². The second kappa shape index (κ2) is 15.5. The lowest BCUT2D eigenvalue weighted by Crippen LogP contribution is -2.28. The highest BCUT2D eigenvalue weighted by Gasteiger charge is 2.24. The van der Waals surface area contributed by atoms with Crippen LogP contribution in [-0.4, -0.2) is 38.5 Å². The van der Waals surface area contributed by atoms with Gasteiger partial charge in [-0.1, -0.05) is 96.6 Å². The van der Waals surface area contributed by atoms with Crippen LogP contribution in [0.1, 0.15) is 64.5 Å². The summed E-state index contributed by atoms with van der Waals surface area (Å²) in [4.78, 5) is 12.2. The largest absolute Gasteiger partial charge is 0.491 e. The lowest BCUT2D eigenvalue weighted by Gasteiger charge is -2.23. The summed E-state index contributed by atoms with van der Waals surface area (Å²) in [6.07, 6.45) is 6.08. The van der Waals surface area contributed by atoms with Gasteiger partial charge in [0.15, 0.2) is 6.10 Å². The van der Waals surface area contributed by atoms with Gasteiger partial charge in [-0.25, -0.2) is 4.79 Å².